The molecule has 1 saturated heterocycles. The molecule has 2 rings (SSSR count). The lowest BCUT2D eigenvalue weighted by Gasteiger charge is -2.27. The van der Waals surface area contributed by atoms with E-state index in [1.807, 2.05) is 18.8 Å². The van der Waals surface area contributed by atoms with E-state index in [4.69, 9.17) is 5.11 Å². The largest absolute Gasteiger partial charge is 0.396 e. The fraction of sp³-hybridized carbons (Fsp3) is 0.786. The van der Waals surface area contributed by atoms with E-state index in [2.05, 4.69) is 22.2 Å². The molecule has 0 saturated carbocycles. The van der Waals surface area contributed by atoms with E-state index < -0.39 is 0 Å². The van der Waals surface area contributed by atoms with E-state index in [1.54, 1.807) is 0 Å². The average Bonchev–Trinajstić information content (AvgIpc) is 2.93. The molecule has 1 aliphatic heterocycles. The van der Waals surface area contributed by atoms with Gasteiger partial charge in [0.25, 0.3) is 0 Å². The van der Waals surface area contributed by atoms with Crippen molar-refractivity contribution >= 4 is 5.82 Å². The molecule has 2 heterocycles. The lowest BCUT2D eigenvalue weighted by atomic mass is 10.1. The van der Waals surface area contributed by atoms with Gasteiger partial charge in [0.1, 0.15) is 5.82 Å². The minimum Gasteiger partial charge on any atom is -0.396 e. The molecule has 5 heteroatoms. The molecule has 1 unspecified atom stereocenters. The van der Waals surface area contributed by atoms with Crippen LogP contribution in [0.3, 0.4) is 0 Å². The monoisotopic (exact) mass is 266 g/mol. The van der Waals surface area contributed by atoms with Crippen LogP contribution in [0.15, 0.2) is 0 Å². The molecule has 1 atom stereocenters. The summed E-state index contributed by atoms with van der Waals surface area (Å²) in [7, 11) is 4.01. The number of hydrogen-bond donors (Lipinski definition) is 2. The molecule has 1 aromatic rings. The second kappa shape index (κ2) is 6.39. The Morgan fingerprint density at radius 2 is 2.26 bits per heavy atom. The van der Waals surface area contributed by atoms with Crippen molar-refractivity contribution in [3.8, 4) is 0 Å². The van der Waals surface area contributed by atoms with Gasteiger partial charge in [0, 0.05) is 38.3 Å². The molecule has 108 valence electrons. The topological polar surface area (TPSA) is 53.3 Å². The molecular formula is C14H26N4O. The third kappa shape index (κ3) is 2.92. The first-order chi connectivity index (χ1) is 9.19. The van der Waals surface area contributed by atoms with Crippen molar-refractivity contribution in [3.05, 3.63) is 11.3 Å². The molecular weight excluding hydrogens is 240 g/mol. The summed E-state index contributed by atoms with van der Waals surface area (Å²) < 4.78 is 2.01. The Kier molecular flexibility index (Phi) is 4.82. The number of aliphatic hydroxyl groups excluding tert-OH is 1. The summed E-state index contributed by atoms with van der Waals surface area (Å²) in [6, 6.07) is 0.553. The van der Waals surface area contributed by atoms with Crippen molar-refractivity contribution in [1.29, 1.82) is 0 Å². The van der Waals surface area contributed by atoms with Crippen LogP contribution >= 0.6 is 0 Å². The predicted octanol–water partition coefficient (Wildman–Crippen LogP) is 1.19. The minimum atomic E-state index is 0.290. The van der Waals surface area contributed by atoms with Crippen LogP contribution in [0.4, 0.5) is 5.82 Å². The van der Waals surface area contributed by atoms with Gasteiger partial charge in [0.05, 0.1) is 5.69 Å². The summed E-state index contributed by atoms with van der Waals surface area (Å²) in [5.41, 5.74) is 2.42. The van der Waals surface area contributed by atoms with E-state index >= 15 is 0 Å². The quantitative estimate of drug-likeness (QED) is 0.812. The van der Waals surface area contributed by atoms with Crippen LogP contribution in [-0.2, 0) is 13.6 Å². The minimum absolute atomic E-state index is 0.290. The molecule has 5 nitrogen and oxygen atoms in total. The van der Waals surface area contributed by atoms with Crippen LogP contribution in [-0.4, -0.2) is 41.1 Å². The third-order valence-corrected chi connectivity index (χ3v) is 4.01. The van der Waals surface area contributed by atoms with Gasteiger partial charge < -0.3 is 15.3 Å². The number of nitrogens with one attached hydrogen (secondary N) is 1. The zero-order valence-electron chi connectivity index (χ0n) is 12.3. The first kappa shape index (κ1) is 14.3. The van der Waals surface area contributed by atoms with Gasteiger partial charge in [-0.1, -0.05) is 0 Å². The summed E-state index contributed by atoms with van der Waals surface area (Å²) in [4.78, 5) is 2.49. The maximum Gasteiger partial charge on any atom is 0.131 e. The summed E-state index contributed by atoms with van der Waals surface area (Å²) in [5, 5.41) is 16.8. The highest BCUT2D eigenvalue weighted by atomic mass is 16.2. The Bertz CT molecular complexity index is 416. The molecule has 1 fully saturated rings. The Morgan fingerprint density at radius 3 is 2.95 bits per heavy atom. The molecule has 0 aromatic carbocycles. The first-order valence-electron chi connectivity index (χ1n) is 7.23. The Labute approximate surface area is 115 Å². The van der Waals surface area contributed by atoms with Gasteiger partial charge in [-0.3, -0.25) is 4.68 Å². The second-order valence-electron chi connectivity index (χ2n) is 5.40. The summed E-state index contributed by atoms with van der Waals surface area (Å²) >= 11 is 0. The lowest BCUT2D eigenvalue weighted by Crippen LogP contribution is -2.32. The highest BCUT2D eigenvalue weighted by Gasteiger charge is 2.29. The van der Waals surface area contributed by atoms with E-state index in [1.165, 1.54) is 24.2 Å². The maximum absolute atomic E-state index is 9.03. The van der Waals surface area contributed by atoms with Gasteiger partial charge >= 0.3 is 0 Å². The molecule has 1 aromatic heterocycles. The smallest absolute Gasteiger partial charge is 0.131 e. The number of hydrogen-bond acceptors (Lipinski definition) is 4. The fourth-order valence-corrected chi connectivity index (χ4v) is 3.17. The summed E-state index contributed by atoms with van der Waals surface area (Å²) in [6.07, 6.45) is 4.42. The summed E-state index contributed by atoms with van der Waals surface area (Å²) in [5.74, 6) is 1.26. The normalized spacial score (nSPS) is 19.4. The number of nitrogens with zero attached hydrogens (tertiary/aromatic N) is 3. The van der Waals surface area contributed by atoms with Crippen LogP contribution in [0.2, 0.25) is 0 Å². The molecule has 19 heavy (non-hydrogen) atoms. The van der Waals surface area contributed by atoms with Crippen molar-refractivity contribution in [2.45, 2.75) is 45.2 Å². The van der Waals surface area contributed by atoms with Crippen molar-refractivity contribution in [2.24, 2.45) is 7.05 Å². The molecule has 2 N–H and O–H groups in total. The number of aliphatic hydroxyl groups is 1. The number of aryl methyl sites for hydroxylation is 2. The van der Waals surface area contributed by atoms with E-state index in [0.717, 1.165) is 31.6 Å². The van der Waals surface area contributed by atoms with Crippen LogP contribution in [0.5, 0.6) is 0 Å². The van der Waals surface area contributed by atoms with Gasteiger partial charge in [0.2, 0.25) is 0 Å². The highest BCUT2D eigenvalue weighted by Crippen LogP contribution is 2.31. The zero-order chi connectivity index (χ0) is 13.8. The van der Waals surface area contributed by atoms with Crippen LogP contribution in [0.1, 0.15) is 36.9 Å². The van der Waals surface area contributed by atoms with E-state index in [9.17, 15) is 0 Å². The molecule has 0 amide bonds. The average molecular weight is 266 g/mol. The van der Waals surface area contributed by atoms with Crippen LogP contribution in [0.25, 0.3) is 0 Å². The zero-order valence-corrected chi connectivity index (χ0v) is 12.3. The third-order valence-electron chi connectivity index (χ3n) is 4.01. The number of anilines is 1. The van der Waals surface area contributed by atoms with Crippen molar-refractivity contribution in [1.82, 2.24) is 15.1 Å². The molecule has 0 spiro atoms. The second-order valence-corrected chi connectivity index (χ2v) is 5.40. The van der Waals surface area contributed by atoms with Gasteiger partial charge in [-0.05, 0) is 39.7 Å². The number of rotatable bonds is 6. The molecule has 0 radical (unpaired) electrons. The molecule has 1 aliphatic rings. The first-order valence-corrected chi connectivity index (χ1v) is 7.23. The van der Waals surface area contributed by atoms with Crippen molar-refractivity contribution < 1.29 is 5.11 Å². The standard InChI is InChI=1S/C14H26N4O/c1-11-13(10-15-2)14(17(3)16-11)18-8-4-6-12(18)7-5-9-19/h12,15,19H,4-10H2,1-3H3. The highest BCUT2D eigenvalue weighted by molar-refractivity contribution is 5.51. The van der Waals surface area contributed by atoms with E-state index in [0.29, 0.717) is 6.04 Å². The lowest BCUT2D eigenvalue weighted by molar-refractivity contribution is 0.279. The predicted molar refractivity (Wildman–Crippen MR) is 77.4 cm³/mol. The summed E-state index contributed by atoms with van der Waals surface area (Å²) in [6.45, 7) is 4.33. The van der Waals surface area contributed by atoms with Crippen molar-refractivity contribution in [3.63, 3.8) is 0 Å². The molecule has 0 aliphatic carbocycles. The number of aromatic nitrogens is 2. The maximum atomic E-state index is 9.03. The van der Waals surface area contributed by atoms with Gasteiger partial charge in [-0.25, -0.2) is 0 Å². The SMILES string of the molecule is CNCc1c(C)nn(C)c1N1CCCC1CCCO. The van der Waals surface area contributed by atoms with Crippen LogP contribution < -0.4 is 10.2 Å². The molecule has 0 bridgehead atoms. The van der Waals surface area contributed by atoms with Crippen LogP contribution in [0, 0.1) is 6.92 Å². The Morgan fingerprint density at radius 1 is 1.47 bits per heavy atom. The van der Waals surface area contributed by atoms with Gasteiger partial charge in [-0.15, -0.1) is 0 Å². The Balaban J connectivity index is 2.24. The van der Waals surface area contributed by atoms with E-state index in [-0.39, 0.29) is 6.61 Å². The van der Waals surface area contributed by atoms with Gasteiger partial charge in [0.15, 0.2) is 0 Å². The van der Waals surface area contributed by atoms with Crippen molar-refractivity contribution in [2.75, 3.05) is 25.1 Å². The van der Waals surface area contributed by atoms with Gasteiger partial charge in [-0.2, -0.15) is 5.10 Å². The fourth-order valence-electron chi connectivity index (χ4n) is 3.17. The Hall–Kier alpha value is -1.07.